The summed E-state index contributed by atoms with van der Waals surface area (Å²) in [5, 5.41) is 2.87. The molecular formula is C18H17F4N3O3S. The highest BCUT2D eigenvalue weighted by Crippen LogP contribution is 2.27. The molecule has 0 aliphatic rings. The van der Waals surface area contributed by atoms with Crippen LogP contribution >= 0.6 is 12.2 Å². The number of amides is 1. The minimum absolute atomic E-state index is 0.0548. The number of nitrogens with one attached hydrogen (secondary N) is 3. The number of ether oxygens (including phenoxy) is 2. The van der Waals surface area contributed by atoms with Crippen LogP contribution in [-0.4, -0.2) is 30.2 Å². The van der Waals surface area contributed by atoms with Gasteiger partial charge in [-0.05, 0) is 61.6 Å². The summed E-state index contributed by atoms with van der Waals surface area (Å²) in [5.74, 6) is -0.644. The Hall–Kier alpha value is -3.08. The summed E-state index contributed by atoms with van der Waals surface area (Å²) in [6.45, 7) is 2.39. The Morgan fingerprint density at radius 3 is 2.41 bits per heavy atom. The van der Waals surface area contributed by atoms with Gasteiger partial charge in [0, 0.05) is 11.3 Å². The molecule has 0 fully saturated rings. The minimum Gasteiger partial charge on any atom is -0.494 e. The number of carbonyl (C=O) groups excluding carboxylic acids is 1. The highest BCUT2D eigenvalue weighted by Gasteiger charge is 2.44. The second-order valence-corrected chi connectivity index (χ2v) is 5.89. The maximum absolute atomic E-state index is 13.0. The van der Waals surface area contributed by atoms with E-state index in [2.05, 4.69) is 20.9 Å². The van der Waals surface area contributed by atoms with Crippen LogP contribution in [0.2, 0.25) is 0 Å². The van der Waals surface area contributed by atoms with Gasteiger partial charge in [-0.25, -0.2) is 0 Å². The molecule has 0 aliphatic carbocycles. The van der Waals surface area contributed by atoms with E-state index in [1.165, 1.54) is 12.1 Å². The SMILES string of the molecule is CCOc1ccc(NC(=S)NNC(=O)c2cccc(OC(F)(F)C(F)F)c2)cc1. The van der Waals surface area contributed by atoms with Crippen LogP contribution in [0.3, 0.4) is 0 Å². The lowest BCUT2D eigenvalue weighted by atomic mass is 10.2. The maximum Gasteiger partial charge on any atom is 0.461 e. The van der Waals surface area contributed by atoms with Crippen LogP contribution in [0, 0.1) is 0 Å². The van der Waals surface area contributed by atoms with Crippen molar-refractivity contribution in [3.05, 3.63) is 54.1 Å². The molecule has 3 N–H and O–H groups in total. The number of hydrogen-bond donors (Lipinski definition) is 3. The van der Waals surface area contributed by atoms with Crippen LogP contribution in [0.5, 0.6) is 11.5 Å². The molecule has 6 nitrogen and oxygen atoms in total. The molecule has 0 aliphatic heterocycles. The molecule has 1 amide bonds. The van der Waals surface area contributed by atoms with Gasteiger partial charge in [0.05, 0.1) is 6.61 Å². The first-order valence-corrected chi connectivity index (χ1v) is 8.67. The fraction of sp³-hybridized carbons (Fsp3) is 0.222. The van der Waals surface area contributed by atoms with Gasteiger partial charge in [0.1, 0.15) is 11.5 Å². The number of anilines is 1. The van der Waals surface area contributed by atoms with Crippen molar-refractivity contribution in [3.63, 3.8) is 0 Å². The quantitative estimate of drug-likeness (QED) is 0.350. The summed E-state index contributed by atoms with van der Waals surface area (Å²) in [4.78, 5) is 12.1. The second-order valence-electron chi connectivity index (χ2n) is 5.48. The zero-order chi connectivity index (χ0) is 21.4. The number of rotatable bonds is 7. The summed E-state index contributed by atoms with van der Waals surface area (Å²) in [7, 11) is 0. The van der Waals surface area contributed by atoms with E-state index in [0.29, 0.717) is 18.0 Å². The lowest BCUT2D eigenvalue weighted by Crippen LogP contribution is -2.43. The van der Waals surface area contributed by atoms with Crippen molar-refractivity contribution in [3.8, 4) is 11.5 Å². The first-order chi connectivity index (χ1) is 13.7. The Balaban J connectivity index is 1.90. The third-order valence-corrected chi connectivity index (χ3v) is 3.52. The van der Waals surface area contributed by atoms with E-state index < -0.39 is 24.2 Å². The molecule has 0 heterocycles. The number of benzene rings is 2. The molecule has 11 heteroatoms. The van der Waals surface area contributed by atoms with E-state index in [1.54, 1.807) is 24.3 Å². The number of carbonyl (C=O) groups is 1. The van der Waals surface area contributed by atoms with Crippen LogP contribution in [0.25, 0.3) is 0 Å². The molecule has 0 saturated carbocycles. The summed E-state index contributed by atoms with van der Waals surface area (Å²) < 4.78 is 59.6. The van der Waals surface area contributed by atoms with Gasteiger partial charge in [-0.2, -0.15) is 17.6 Å². The normalized spacial score (nSPS) is 11.0. The average Bonchev–Trinajstić information content (AvgIpc) is 2.67. The van der Waals surface area contributed by atoms with E-state index in [-0.39, 0.29) is 10.7 Å². The van der Waals surface area contributed by atoms with Gasteiger partial charge in [-0.3, -0.25) is 15.6 Å². The fourth-order valence-corrected chi connectivity index (χ4v) is 2.22. The van der Waals surface area contributed by atoms with Gasteiger partial charge in [0.15, 0.2) is 5.11 Å². The van der Waals surface area contributed by atoms with E-state index in [0.717, 1.165) is 12.1 Å². The zero-order valence-electron chi connectivity index (χ0n) is 15.0. The van der Waals surface area contributed by atoms with Crippen molar-refractivity contribution in [1.29, 1.82) is 0 Å². The van der Waals surface area contributed by atoms with Crippen molar-refractivity contribution >= 4 is 28.9 Å². The van der Waals surface area contributed by atoms with Gasteiger partial charge >= 0.3 is 12.5 Å². The van der Waals surface area contributed by atoms with Crippen LogP contribution in [-0.2, 0) is 0 Å². The molecule has 29 heavy (non-hydrogen) atoms. The molecule has 0 spiro atoms. The van der Waals surface area contributed by atoms with E-state index in [1.807, 2.05) is 6.92 Å². The Morgan fingerprint density at radius 2 is 1.79 bits per heavy atom. The predicted octanol–water partition coefficient (Wildman–Crippen LogP) is 3.95. The van der Waals surface area contributed by atoms with Gasteiger partial charge in [-0.1, -0.05) is 6.07 Å². The highest BCUT2D eigenvalue weighted by atomic mass is 32.1. The molecule has 0 aromatic heterocycles. The van der Waals surface area contributed by atoms with Gasteiger partial charge in [0.2, 0.25) is 0 Å². The lowest BCUT2D eigenvalue weighted by Gasteiger charge is -2.17. The van der Waals surface area contributed by atoms with Crippen LogP contribution < -0.4 is 25.6 Å². The molecule has 0 radical (unpaired) electrons. The summed E-state index contributed by atoms with van der Waals surface area (Å²) in [5.41, 5.74) is 5.21. The number of hydrazine groups is 1. The summed E-state index contributed by atoms with van der Waals surface area (Å²) >= 11 is 5.04. The smallest absolute Gasteiger partial charge is 0.461 e. The summed E-state index contributed by atoms with van der Waals surface area (Å²) in [6, 6.07) is 11.3. The Kier molecular flexibility index (Phi) is 7.59. The van der Waals surface area contributed by atoms with E-state index in [9.17, 15) is 22.4 Å². The van der Waals surface area contributed by atoms with Gasteiger partial charge in [-0.15, -0.1) is 0 Å². The van der Waals surface area contributed by atoms with Gasteiger partial charge < -0.3 is 14.8 Å². The molecule has 0 saturated heterocycles. The Labute approximate surface area is 169 Å². The number of thiocarbonyl (C=S) groups is 1. The first-order valence-electron chi connectivity index (χ1n) is 8.26. The second kappa shape index (κ2) is 9.92. The third kappa shape index (κ3) is 6.79. The number of hydrogen-bond acceptors (Lipinski definition) is 4. The molecule has 2 aromatic rings. The first kappa shape index (κ1) is 22.2. The van der Waals surface area contributed by atoms with Crippen molar-refractivity contribution < 1.29 is 31.8 Å². The molecule has 156 valence electrons. The van der Waals surface area contributed by atoms with E-state index in [4.69, 9.17) is 17.0 Å². The molecular weight excluding hydrogens is 414 g/mol. The van der Waals surface area contributed by atoms with E-state index >= 15 is 0 Å². The average molecular weight is 431 g/mol. The molecule has 2 aromatic carbocycles. The van der Waals surface area contributed by atoms with Crippen molar-refractivity contribution in [2.24, 2.45) is 0 Å². The monoisotopic (exact) mass is 431 g/mol. The molecule has 0 bridgehead atoms. The molecule has 2 rings (SSSR count). The minimum atomic E-state index is -4.67. The van der Waals surface area contributed by atoms with Gasteiger partial charge in [0.25, 0.3) is 5.91 Å². The van der Waals surface area contributed by atoms with Crippen LogP contribution in [0.1, 0.15) is 17.3 Å². The fourth-order valence-electron chi connectivity index (χ4n) is 2.05. The number of halogens is 4. The van der Waals surface area contributed by atoms with Crippen LogP contribution in [0.4, 0.5) is 23.2 Å². The molecule has 0 atom stereocenters. The zero-order valence-corrected chi connectivity index (χ0v) is 15.9. The predicted molar refractivity (Wildman–Crippen MR) is 102 cm³/mol. The standard InChI is InChI=1S/C18H17F4N3O3S/c1-2-27-13-8-6-12(7-9-13)23-17(29)25-24-15(26)11-4-3-5-14(10-11)28-18(21,22)16(19)20/h3-10,16H,2H2,1H3,(H,24,26)(H2,23,25,29). The number of alkyl halides is 4. The van der Waals surface area contributed by atoms with Crippen molar-refractivity contribution in [2.75, 3.05) is 11.9 Å². The largest absolute Gasteiger partial charge is 0.494 e. The third-order valence-electron chi connectivity index (χ3n) is 3.32. The van der Waals surface area contributed by atoms with Crippen molar-refractivity contribution in [2.45, 2.75) is 19.5 Å². The Morgan fingerprint density at radius 1 is 1.10 bits per heavy atom. The lowest BCUT2D eigenvalue weighted by molar-refractivity contribution is -0.253. The maximum atomic E-state index is 13.0. The highest BCUT2D eigenvalue weighted by molar-refractivity contribution is 7.80. The Bertz CT molecular complexity index is 850. The molecule has 0 unspecified atom stereocenters. The topological polar surface area (TPSA) is 71.6 Å². The summed E-state index contributed by atoms with van der Waals surface area (Å²) in [6.07, 6.45) is -8.68. The van der Waals surface area contributed by atoms with Crippen LogP contribution in [0.15, 0.2) is 48.5 Å². The van der Waals surface area contributed by atoms with Crippen molar-refractivity contribution in [1.82, 2.24) is 10.9 Å².